The molecule has 19 heavy (non-hydrogen) atoms. The van der Waals surface area contributed by atoms with E-state index in [1.165, 1.54) is 34.9 Å². The second-order valence-electron chi connectivity index (χ2n) is 3.06. The number of nitrogens with zero attached hydrogens (tertiary/aromatic N) is 6. The smallest absolute Gasteiger partial charge is 0.213 e. The van der Waals surface area contributed by atoms with Crippen LogP contribution in [0.25, 0.3) is 0 Å². The molecule has 0 atom stereocenters. The van der Waals surface area contributed by atoms with E-state index in [2.05, 4.69) is 48.2 Å². The lowest BCUT2D eigenvalue weighted by Gasteiger charge is -1.96. The molecule has 0 spiro atoms. The van der Waals surface area contributed by atoms with E-state index in [0.29, 0.717) is 15.3 Å². The largest absolute Gasteiger partial charge is 0.233 e. The molecule has 1 N–H and O–H groups in total. The predicted molar refractivity (Wildman–Crippen MR) is 73.8 cm³/mol. The van der Waals surface area contributed by atoms with Crippen LogP contribution in [0.5, 0.6) is 0 Å². The number of nitrogens with one attached hydrogen (secondary N) is 1. The highest BCUT2D eigenvalue weighted by Gasteiger charge is 2.09. The molecule has 0 aliphatic heterocycles. The summed E-state index contributed by atoms with van der Waals surface area (Å²) in [6.45, 7) is 0. The molecule has 0 aliphatic rings. The lowest BCUT2D eigenvalue weighted by Crippen LogP contribution is -1.85. The number of rotatable bonds is 4. The molecule has 96 valence electrons. The molecule has 3 aromatic heterocycles. The molecule has 0 radical (unpaired) electrons. The Hall–Kier alpha value is -1.17. The van der Waals surface area contributed by atoms with E-state index >= 15 is 0 Å². The van der Waals surface area contributed by atoms with Crippen molar-refractivity contribution in [3.05, 3.63) is 17.6 Å². The van der Waals surface area contributed by atoms with Crippen LogP contribution in [0.15, 0.2) is 42.3 Å². The van der Waals surface area contributed by atoms with Gasteiger partial charge < -0.3 is 0 Å². The number of thiazole rings is 1. The number of thiol groups is 1. The number of aromatic nitrogens is 7. The van der Waals surface area contributed by atoms with Gasteiger partial charge in [-0.3, -0.25) is 0 Å². The average Bonchev–Trinajstić information content (AvgIpc) is 3.02. The summed E-state index contributed by atoms with van der Waals surface area (Å²) >= 11 is 8.45. The maximum absolute atomic E-state index is 4.43. The van der Waals surface area contributed by atoms with Gasteiger partial charge in [0.15, 0.2) is 9.50 Å². The first-order valence-corrected chi connectivity index (χ1v) is 7.82. The first-order valence-electron chi connectivity index (χ1n) is 4.86. The van der Waals surface area contributed by atoms with Gasteiger partial charge in [0.05, 0.1) is 5.03 Å². The van der Waals surface area contributed by atoms with Crippen molar-refractivity contribution in [1.82, 2.24) is 35.6 Å². The quantitative estimate of drug-likeness (QED) is 0.427. The van der Waals surface area contributed by atoms with Gasteiger partial charge in [0.2, 0.25) is 5.16 Å². The van der Waals surface area contributed by atoms with Gasteiger partial charge in [-0.2, -0.15) is 0 Å². The van der Waals surface area contributed by atoms with Gasteiger partial charge in [-0.05, 0) is 40.0 Å². The SMILES string of the molecule is Sc1ccnc(Sc2csc(Sc3nnn[nH]3)n2)n1. The van der Waals surface area contributed by atoms with Gasteiger partial charge in [-0.15, -0.1) is 29.1 Å². The monoisotopic (exact) mass is 327 g/mol. The van der Waals surface area contributed by atoms with Crippen LogP contribution in [-0.2, 0) is 0 Å². The Morgan fingerprint density at radius 3 is 3.00 bits per heavy atom. The van der Waals surface area contributed by atoms with Crippen molar-refractivity contribution in [3.8, 4) is 0 Å². The van der Waals surface area contributed by atoms with E-state index < -0.39 is 0 Å². The summed E-state index contributed by atoms with van der Waals surface area (Å²) < 4.78 is 0.850. The van der Waals surface area contributed by atoms with Crippen LogP contribution in [0.3, 0.4) is 0 Å². The minimum Gasteiger partial charge on any atom is -0.233 e. The fourth-order valence-corrected chi connectivity index (χ4v) is 3.80. The van der Waals surface area contributed by atoms with Crippen molar-refractivity contribution >= 4 is 47.5 Å². The van der Waals surface area contributed by atoms with Gasteiger partial charge in [-0.1, -0.05) is 0 Å². The van der Waals surface area contributed by atoms with E-state index in [0.717, 1.165) is 9.37 Å². The van der Waals surface area contributed by atoms with Crippen molar-refractivity contribution in [2.45, 2.75) is 24.7 Å². The van der Waals surface area contributed by atoms with E-state index in [1.807, 2.05) is 5.38 Å². The highest BCUT2D eigenvalue weighted by Crippen LogP contribution is 2.32. The number of aromatic amines is 1. The Morgan fingerprint density at radius 1 is 1.26 bits per heavy atom. The normalized spacial score (nSPS) is 10.8. The van der Waals surface area contributed by atoms with Crippen LogP contribution in [-0.4, -0.2) is 35.6 Å². The van der Waals surface area contributed by atoms with Gasteiger partial charge in [0.25, 0.3) is 0 Å². The molecule has 3 aromatic rings. The van der Waals surface area contributed by atoms with Gasteiger partial charge in [-0.25, -0.2) is 20.1 Å². The van der Waals surface area contributed by atoms with Crippen molar-refractivity contribution in [1.29, 1.82) is 0 Å². The minimum absolute atomic E-state index is 0.611. The minimum atomic E-state index is 0.611. The van der Waals surface area contributed by atoms with Crippen LogP contribution in [0.4, 0.5) is 0 Å². The molecule has 0 unspecified atom stereocenters. The molecule has 0 aromatic carbocycles. The van der Waals surface area contributed by atoms with Gasteiger partial charge >= 0.3 is 0 Å². The van der Waals surface area contributed by atoms with Crippen LogP contribution >= 0.6 is 47.5 Å². The van der Waals surface area contributed by atoms with E-state index in [1.54, 1.807) is 12.3 Å². The zero-order valence-electron chi connectivity index (χ0n) is 9.09. The third-order valence-corrected chi connectivity index (χ3v) is 4.79. The Morgan fingerprint density at radius 2 is 2.21 bits per heavy atom. The second kappa shape index (κ2) is 5.86. The Kier molecular flexibility index (Phi) is 3.96. The maximum atomic E-state index is 4.43. The van der Waals surface area contributed by atoms with Crippen molar-refractivity contribution in [2.75, 3.05) is 0 Å². The summed E-state index contributed by atoms with van der Waals surface area (Å²) in [5.74, 6) is 0. The first kappa shape index (κ1) is 12.8. The third-order valence-electron chi connectivity index (χ3n) is 1.79. The lowest BCUT2D eigenvalue weighted by atomic mass is 10.7. The molecular formula is C8H5N7S4. The van der Waals surface area contributed by atoms with E-state index in [9.17, 15) is 0 Å². The average molecular weight is 327 g/mol. The number of H-pyrrole nitrogens is 1. The summed E-state index contributed by atoms with van der Waals surface area (Å²) in [7, 11) is 0. The summed E-state index contributed by atoms with van der Waals surface area (Å²) in [6.07, 6.45) is 1.67. The van der Waals surface area contributed by atoms with E-state index in [4.69, 9.17) is 0 Å². The fraction of sp³-hybridized carbons (Fsp3) is 0. The number of hydrogen-bond acceptors (Lipinski definition) is 10. The molecule has 3 rings (SSSR count). The van der Waals surface area contributed by atoms with Gasteiger partial charge in [0, 0.05) is 11.6 Å². The van der Waals surface area contributed by atoms with Crippen LogP contribution in [0, 0.1) is 0 Å². The third kappa shape index (κ3) is 3.43. The van der Waals surface area contributed by atoms with Crippen LogP contribution < -0.4 is 0 Å². The maximum Gasteiger partial charge on any atom is 0.213 e. The summed E-state index contributed by atoms with van der Waals surface area (Å²) in [4.78, 5) is 12.8. The van der Waals surface area contributed by atoms with Crippen molar-refractivity contribution in [3.63, 3.8) is 0 Å². The predicted octanol–water partition coefficient (Wildman–Crippen LogP) is 2.04. The summed E-state index contributed by atoms with van der Waals surface area (Å²) in [5.41, 5.74) is 0. The molecule has 3 heterocycles. The first-order chi connectivity index (χ1) is 9.29. The van der Waals surface area contributed by atoms with Crippen molar-refractivity contribution in [2.24, 2.45) is 0 Å². The standard InChI is InChI=1S/C8H5N7S4/c16-4-1-2-9-6(10-4)18-5-3-17-8(11-5)19-7-12-14-15-13-7/h1-3H,(H,9,10,16)(H,12,13,14,15). The molecule has 0 aliphatic carbocycles. The van der Waals surface area contributed by atoms with Gasteiger partial charge in [0.1, 0.15) is 5.03 Å². The van der Waals surface area contributed by atoms with Crippen LogP contribution in [0.2, 0.25) is 0 Å². The molecule has 0 fully saturated rings. The fourth-order valence-electron chi connectivity index (χ4n) is 1.09. The van der Waals surface area contributed by atoms with Crippen molar-refractivity contribution < 1.29 is 0 Å². The molecular weight excluding hydrogens is 322 g/mol. The Balaban J connectivity index is 1.71. The topological polar surface area (TPSA) is 93.1 Å². The second-order valence-corrected chi connectivity index (χ2v) is 6.60. The molecule has 7 nitrogen and oxygen atoms in total. The molecule has 0 amide bonds. The zero-order chi connectivity index (χ0) is 13.1. The highest BCUT2D eigenvalue weighted by atomic mass is 32.2. The Labute approximate surface area is 125 Å². The summed E-state index contributed by atoms with van der Waals surface area (Å²) in [6, 6.07) is 1.73. The zero-order valence-corrected chi connectivity index (χ0v) is 12.4. The van der Waals surface area contributed by atoms with Crippen LogP contribution in [0.1, 0.15) is 0 Å². The molecule has 0 bridgehead atoms. The molecule has 0 saturated carbocycles. The van der Waals surface area contributed by atoms with E-state index in [-0.39, 0.29) is 0 Å². The lowest BCUT2D eigenvalue weighted by molar-refractivity contribution is 0.881. The molecule has 11 heteroatoms. The summed E-state index contributed by atoms with van der Waals surface area (Å²) in [5, 5.41) is 18.1. The number of tetrazole rings is 1. The molecule has 0 saturated heterocycles. The number of hydrogen-bond donors (Lipinski definition) is 2. The highest BCUT2D eigenvalue weighted by molar-refractivity contribution is 8.01. The Bertz CT molecular complexity index is 667.